The van der Waals surface area contributed by atoms with Crippen LogP contribution in [0.5, 0.6) is 0 Å². The summed E-state index contributed by atoms with van der Waals surface area (Å²) in [5.41, 5.74) is 2.55. The molecule has 3 rings (SSSR count). The minimum absolute atomic E-state index is 0.167. The van der Waals surface area contributed by atoms with E-state index < -0.39 is 0 Å². The summed E-state index contributed by atoms with van der Waals surface area (Å²) in [7, 11) is 0. The van der Waals surface area contributed by atoms with Gasteiger partial charge in [-0.3, -0.25) is 4.68 Å². The lowest BCUT2D eigenvalue weighted by molar-refractivity contribution is 0.525. The Kier molecular flexibility index (Phi) is 4.40. The second-order valence-corrected chi connectivity index (χ2v) is 7.13. The predicted octanol–water partition coefficient (Wildman–Crippen LogP) is 3.33. The molecule has 114 valence electrons. The van der Waals surface area contributed by atoms with E-state index in [-0.39, 0.29) is 6.04 Å². The molecule has 21 heavy (non-hydrogen) atoms. The van der Waals surface area contributed by atoms with Crippen LogP contribution in [0.3, 0.4) is 0 Å². The van der Waals surface area contributed by atoms with Gasteiger partial charge < -0.3 is 5.32 Å². The lowest BCUT2D eigenvalue weighted by atomic mass is 10.0. The van der Waals surface area contributed by atoms with Gasteiger partial charge in [-0.2, -0.15) is 5.10 Å². The van der Waals surface area contributed by atoms with Crippen LogP contribution in [-0.2, 0) is 19.4 Å². The SMILES string of the molecule is CCn1cc(C(NC(C)C)c2nc3c(s2)CCCC3)cn1. The molecule has 0 aliphatic heterocycles. The second kappa shape index (κ2) is 6.28. The topological polar surface area (TPSA) is 42.7 Å². The van der Waals surface area contributed by atoms with Crippen molar-refractivity contribution in [2.45, 2.75) is 65.1 Å². The van der Waals surface area contributed by atoms with Crippen molar-refractivity contribution in [2.24, 2.45) is 0 Å². The van der Waals surface area contributed by atoms with Gasteiger partial charge in [-0.15, -0.1) is 11.3 Å². The summed E-state index contributed by atoms with van der Waals surface area (Å²) in [5.74, 6) is 0. The highest BCUT2D eigenvalue weighted by atomic mass is 32.1. The Balaban J connectivity index is 1.92. The molecule has 1 atom stereocenters. The van der Waals surface area contributed by atoms with E-state index in [0.29, 0.717) is 6.04 Å². The highest BCUT2D eigenvalue weighted by Gasteiger charge is 2.23. The van der Waals surface area contributed by atoms with Gasteiger partial charge in [-0.05, 0) is 46.5 Å². The van der Waals surface area contributed by atoms with E-state index in [2.05, 4.69) is 37.4 Å². The van der Waals surface area contributed by atoms with Gasteiger partial charge in [0.1, 0.15) is 5.01 Å². The van der Waals surface area contributed by atoms with Crippen molar-refractivity contribution in [1.29, 1.82) is 0 Å². The average Bonchev–Trinajstić information content (AvgIpc) is 3.10. The van der Waals surface area contributed by atoms with E-state index >= 15 is 0 Å². The summed E-state index contributed by atoms with van der Waals surface area (Å²) in [6.07, 6.45) is 9.06. The third-order valence-corrected chi connectivity index (χ3v) is 5.14. The summed E-state index contributed by atoms with van der Waals surface area (Å²) in [5, 5.41) is 9.28. The lowest BCUT2D eigenvalue weighted by Gasteiger charge is -2.18. The van der Waals surface area contributed by atoms with Crippen LogP contribution >= 0.6 is 11.3 Å². The normalized spacial score (nSPS) is 16.2. The molecule has 1 N–H and O–H groups in total. The molecule has 0 spiro atoms. The highest BCUT2D eigenvalue weighted by molar-refractivity contribution is 7.11. The van der Waals surface area contributed by atoms with Crippen LogP contribution in [0.15, 0.2) is 12.4 Å². The summed E-state index contributed by atoms with van der Waals surface area (Å²) in [6.45, 7) is 7.39. The molecule has 2 heterocycles. The van der Waals surface area contributed by atoms with Gasteiger partial charge in [-0.25, -0.2) is 4.98 Å². The number of nitrogens with one attached hydrogen (secondary N) is 1. The molecule has 0 saturated heterocycles. The average molecular weight is 304 g/mol. The molecule has 0 fully saturated rings. The Bertz CT molecular complexity index is 576. The van der Waals surface area contributed by atoms with E-state index in [4.69, 9.17) is 4.98 Å². The first-order valence-corrected chi connectivity index (χ1v) is 8.76. The molecular weight excluding hydrogens is 280 g/mol. The number of aryl methyl sites for hydroxylation is 3. The Morgan fingerprint density at radius 2 is 2.14 bits per heavy atom. The second-order valence-electron chi connectivity index (χ2n) is 6.01. The zero-order valence-corrected chi connectivity index (χ0v) is 13.9. The Morgan fingerprint density at radius 1 is 1.33 bits per heavy atom. The molecule has 2 aromatic heterocycles. The van der Waals surface area contributed by atoms with Gasteiger partial charge in [-0.1, -0.05) is 0 Å². The molecule has 1 aliphatic carbocycles. The Morgan fingerprint density at radius 3 is 2.81 bits per heavy atom. The van der Waals surface area contributed by atoms with Crippen molar-refractivity contribution in [3.05, 3.63) is 33.5 Å². The zero-order chi connectivity index (χ0) is 14.8. The van der Waals surface area contributed by atoms with Gasteiger partial charge in [0, 0.05) is 29.2 Å². The maximum atomic E-state index is 4.93. The van der Waals surface area contributed by atoms with Crippen LogP contribution in [0.25, 0.3) is 0 Å². The van der Waals surface area contributed by atoms with Gasteiger partial charge in [0.2, 0.25) is 0 Å². The minimum atomic E-state index is 0.167. The molecule has 0 bridgehead atoms. The fourth-order valence-corrected chi connectivity index (χ4v) is 4.08. The molecule has 1 aliphatic rings. The zero-order valence-electron chi connectivity index (χ0n) is 13.1. The van der Waals surface area contributed by atoms with Crippen molar-refractivity contribution >= 4 is 11.3 Å². The molecule has 0 aromatic carbocycles. The summed E-state index contributed by atoms with van der Waals surface area (Å²) in [4.78, 5) is 6.43. The summed E-state index contributed by atoms with van der Waals surface area (Å²) >= 11 is 1.89. The van der Waals surface area contributed by atoms with Crippen molar-refractivity contribution in [1.82, 2.24) is 20.1 Å². The largest absolute Gasteiger partial charge is 0.302 e. The summed E-state index contributed by atoms with van der Waals surface area (Å²) in [6, 6.07) is 0.585. The maximum Gasteiger partial charge on any atom is 0.115 e. The number of nitrogens with zero attached hydrogens (tertiary/aromatic N) is 3. The first-order chi connectivity index (χ1) is 10.2. The van der Waals surface area contributed by atoms with Crippen LogP contribution < -0.4 is 5.32 Å². The molecule has 0 amide bonds. The highest BCUT2D eigenvalue weighted by Crippen LogP contribution is 2.32. The monoisotopic (exact) mass is 304 g/mol. The third-order valence-electron chi connectivity index (χ3n) is 3.92. The van der Waals surface area contributed by atoms with E-state index in [1.165, 1.54) is 40.4 Å². The van der Waals surface area contributed by atoms with Crippen molar-refractivity contribution < 1.29 is 0 Å². The van der Waals surface area contributed by atoms with Gasteiger partial charge in [0.05, 0.1) is 17.9 Å². The predicted molar refractivity (Wildman–Crippen MR) is 86.8 cm³/mol. The fourth-order valence-electron chi connectivity index (χ4n) is 2.84. The Hall–Kier alpha value is -1.20. The quantitative estimate of drug-likeness (QED) is 0.921. The van der Waals surface area contributed by atoms with Crippen molar-refractivity contribution in [3.63, 3.8) is 0 Å². The molecule has 5 heteroatoms. The van der Waals surface area contributed by atoms with E-state index in [1.807, 2.05) is 22.2 Å². The number of hydrogen-bond donors (Lipinski definition) is 1. The van der Waals surface area contributed by atoms with E-state index in [9.17, 15) is 0 Å². The number of rotatable bonds is 5. The van der Waals surface area contributed by atoms with Gasteiger partial charge >= 0.3 is 0 Å². The summed E-state index contributed by atoms with van der Waals surface area (Å²) < 4.78 is 1.98. The molecule has 2 aromatic rings. The van der Waals surface area contributed by atoms with Crippen molar-refractivity contribution in [3.8, 4) is 0 Å². The van der Waals surface area contributed by atoms with E-state index in [0.717, 1.165) is 13.0 Å². The third kappa shape index (κ3) is 3.19. The van der Waals surface area contributed by atoms with Crippen LogP contribution in [0.1, 0.15) is 60.8 Å². The maximum absolute atomic E-state index is 4.93. The fraction of sp³-hybridized carbons (Fsp3) is 0.625. The van der Waals surface area contributed by atoms with Gasteiger partial charge in [0.25, 0.3) is 0 Å². The van der Waals surface area contributed by atoms with Crippen LogP contribution in [0.2, 0.25) is 0 Å². The van der Waals surface area contributed by atoms with Crippen molar-refractivity contribution in [2.75, 3.05) is 0 Å². The number of fused-ring (bicyclic) bond motifs is 1. The first-order valence-electron chi connectivity index (χ1n) is 7.94. The minimum Gasteiger partial charge on any atom is -0.302 e. The first kappa shape index (κ1) is 14.7. The van der Waals surface area contributed by atoms with Crippen LogP contribution in [0, 0.1) is 0 Å². The van der Waals surface area contributed by atoms with Gasteiger partial charge in [0.15, 0.2) is 0 Å². The van der Waals surface area contributed by atoms with Crippen LogP contribution in [0.4, 0.5) is 0 Å². The standard InChI is InChI=1S/C16H24N4S/c1-4-20-10-12(9-17-20)15(18-11(2)3)16-19-13-7-5-6-8-14(13)21-16/h9-11,15,18H,4-8H2,1-3H3. The molecular formula is C16H24N4S. The van der Waals surface area contributed by atoms with Crippen LogP contribution in [-0.4, -0.2) is 20.8 Å². The number of thiazole rings is 1. The molecule has 0 radical (unpaired) electrons. The lowest BCUT2D eigenvalue weighted by Crippen LogP contribution is -2.28. The smallest absolute Gasteiger partial charge is 0.115 e. The Labute approximate surface area is 130 Å². The molecule has 0 saturated carbocycles. The number of hydrogen-bond acceptors (Lipinski definition) is 4. The van der Waals surface area contributed by atoms with E-state index in [1.54, 1.807) is 0 Å². The number of aromatic nitrogens is 3. The molecule has 1 unspecified atom stereocenters. The molecule has 4 nitrogen and oxygen atoms in total.